The van der Waals surface area contributed by atoms with Crippen LogP contribution in [-0.4, -0.2) is 48.1 Å². The molecule has 5 nitrogen and oxygen atoms in total. The lowest BCUT2D eigenvalue weighted by molar-refractivity contribution is 0.0365. The van der Waals surface area contributed by atoms with E-state index >= 15 is 0 Å². The van der Waals surface area contributed by atoms with Crippen LogP contribution in [0.3, 0.4) is 0 Å². The molecule has 0 spiro atoms. The van der Waals surface area contributed by atoms with Crippen LogP contribution in [0.4, 0.5) is 5.69 Å². The number of anilines is 1. The molecule has 6 heteroatoms. The fourth-order valence-corrected chi connectivity index (χ4v) is 2.08. The molecular formula is C12H19NO4S. The quantitative estimate of drug-likeness (QED) is 0.807. The van der Waals surface area contributed by atoms with E-state index < -0.39 is 9.84 Å². The second-order valence-electron chi connectivity index (χ2n) is 3.99. The normalized spacial score (nSPS) is 13.3. The molecule has 0 saturated heterocycles. The number of nitrogens with one attached hydrogen (secondary N) is 1. The fourth-order valence-electron chi connectivity index (χ4n) is 1.45. The summed E-state index contributed by atoms with van der Waals surface area (Å²) in [6, 6.07) is 6.62. The smallest absolute Gasteiger partial charge is 0.175 e. The summed E-state index contributed by atoms with van der Waals surface area (Å²) >= 11 is 0. The summed E-state index contributed by atoms with van der Waals surface area (Å²) in [5.74, 6) is 0. The molecule has 0 bridgehead atoms. The van der Waals surface area contributed by atoms with Crippen molar-refractivity contribution in [2.75, 3.05) is 38.9 Å². The van der Waals surface area contributed by atoms with Crippen molar-refractivity contribution >= 4 is 15.5 Å². The van der Waals surface area contributed by atoms with Crippen molar-refractivity contribution in [3.63, 3.8) is 0 Å². The molecule has 0 aliphatic rings. The number of hydrogen-bond donors (Lipinski definition) is 1. The van der Waals surface area contributed by atoms with Gasteiger partial charge in [-0.2, -0.15) is 0 Å². The molecule has 1 aromatic carbocycles. The van der Waals surface area contributed by atoms with Crippen LogP contribution in [0.2, 0.25) is 0 Å². The molecule has 0 aliphatic carbocycles. The minimum atomic E-state index is -3.14. The first-order chi connectivity index (χ1) is 8.47. The zero-order chi connectivity index (χ0) is 13.6. The Labute approximate surface area is 108 Å². The predicted molar refractivity (Wildman–Crippen MR) is 70.7 cm³/mol. The summed E-state index contributed by atoms with van der Waals surface area (Å²) in [5.41, 5.74) is 0.848. The molecule has 1 aromatic rings. The summed E-state index contributed by atoms with van der Waals surface area (Å²) in [7, 11) is 0.105. The molecule has 0 aliphatic heterocycles. The van der Waals surface area contributed by atoms with Gasteiger partial charge < -0.3 is 14.8 Å². The van der Waals surface area contributed by atoms with Gasteiger partial charge >= 0.3 is 0 Å². The Morgan fingerprint density at radius 1 is 1.22 bits per heavy atom. The average Bonchev–Trinajstić information content (AvgIpc) is 2.34. The maximum atomic E-state index is 11.3. The van der Waals surface area contributed by atoms with Crippen molar-refractivity contribution < 1.29 is 17.9 Å². The zero-order valence-corrected chi connectivity index (χ0v) is 11.7. The number of benzene rings is 1. The van der Waals surface area contributed by atoms with Gasteiger partial charge in [-0.15, -0.1) is 0 Å². The highest BCUT2D eigenvalue weighted by molar-refractivity contribution is 7.90. The van der Waals surface area contributed by atoms with Crippen molar-refractivity contribution in [3.05, 3.63) is 24.3 Å². The maximum Gasteiger partial charge on any atom is 0.175 e. The van der Waals surface area contributed by atoms with Crippen LogP contribution in [0.15, 0.2) is 29.2 Å². The third-order valence-electron chi connectivity index (χ3n) is 2.50. The van der Waals surface area contributed by atoms with Gasteiger partial charge in [0, 0.05) is 32.7 Å². The van der Waals surface area contributed by atoms with Gasteiger partial charge in [0.1, 0.15) is 0 Å². The second-order valence-corrected chi connectivity index (χ2v) is 6.01. The Hall–Kier alpha value is -1.11. The van der Waals surface area contributed by atoms with E-state index in [1.54, 1.807) is 38.5 Å². The van der Waals surface area contributed by atoms with Gasteiger partial charge in [0.05, 0.1) is 17.6 Å². The summed E-state index contributed by atoms with van der Waals surface area (Å²) in [4.78, 5) is 0.313. The van der Waals surface area contributed by atoms with Gasteiger partial charge in [0.15, 0.2) is 9.84 Å². The van der Waals surface area contributed by atoms with Gasteiger partial charge in [-0.3, -0.25) is 0 Å². The molecule has 1 atom stereocenters. The number of rotatable bonds is 7. The molecule has 0 amide bonds. The van der Waals surface area contributed by atoms with Gasteiger partial charge in [-0.05, 0) is 24.3 Å². The monoisotopic (exact) mass is 273 g/mol. The SMILES string of the molecule is COCC(CNc1ccc(S(C)(=O)=O)cc1)OC. The Balaban J connectivity index is 2.59. The summed E-state index contributed by atoms with van der Waals surface area (Å²) < 4.78 is 32.8. The van der Waals surface area contributed by atoms with Gasteiger partial charge in [-0.25, -0.2) is 8.42 Å². The first-order valence-electron chi connectivity index (χ1n) is 5.53. The lowest BCUT2D eigenvalue weighted by Gasteiger charge is -2.15. The highest BCUT2D eigenvalue weighted by Gasteiger charge is 2.08. The molecule has 0 radical (unpaired) electrons. The number of methoxy groups -OCH3 is 2. The maximum absolute atomic E-state index is 11.3. The van der Waals surface area contributed by atoms with Crippen molar-refractivity contribution in [3.8, 4) is 0 Å². The number of sulfone groups is 1. The van der Waals surface area contributed by atoms with E-state index in [4.69, 9.17) is 9.47 Å². The van der Waals surface area contributed by atoms with Gasteiger partial charge in [0.25, 0.3) is 0 Å². The molecule has 1 rings (SSSR count). The number of hydrogen-bond acceptors (Lipinski definition) is 5. The van der Waals surface area contributed by atoms with E-state index in [2.05, 4.69) is 5.32 Å². The van der Waals surface area contributed by atoms with Crippen LogP contribution in [0, 0.1) is 0 Å². The van der Waals surface area contributed by atoms with Gasteiger partial charge in [-0.1, -0.05) is 0 Å². The molecule has 1 unspecified atom stereocenters. The highest BCUT2D eigenvalue weighted by atomic mass is 32.2. The van der Waals surface area contributed by atoms with Crippen LogP contribution >= 0.6 is 0 Å². The summed E-state index contributed by atoms with van der Waals surface area (Å²) in [6.07, 6.45) is 1.15. The van der Waals surface area contributed by atoms with E-state index in [0.717, 1.165) is 5.69 Å². The molecule has 18 heavy (non-hydrogen) atoms. The minimum Gasteiger partial charge on any atom is -0.382 e. The molecule has 102 valence electrons. The topological polar surface area (TPSA) is 64.6 Å². The Morgan fingerprint density at radius 3 is 2.28 bits per heavy atom. The molecule has 1 N–H and O–H groups in total. The van der Waals surface area contributed by atoms with Crippen LogP contribution in [0.5, 0.6) is 0 Å². The molecule has 0 heterocycles. The van der Waals surface area contributed by atoms with Crippen molar-refractivity contribution in [2.45, 2.75) is 11.0 Å². The van der Waals surface area contributed by atoms with Crippen molar-refractivity contribution in [2.24, 2.45) is 0 Å². The van der Waals surface area contributed by atoms with Crippen LogP contribution < -0.4 is 5.32 Å². The zero-order valence-electron chi connectivity index (χ0n) is 10.8. The lowest BCUT2D eigenvalue weighted by atomic mass is 10.3. The second kappa shape index (κ2) is 6.72. The Morgan fingerprint density at radius 2 is 1.83 bits per heavy atom. The average molecular weight is 273 g/mol. The van der Waals surface area contributed by atoms with E-state index in [1.807, 2.05) is 0 Å². The third kappa shape index (κ3) is 4.64. The van der Waals surface area contributed by atoms with Crippen LogP contribution in [-0.2, 0) is 19.3 Å². The van der Waals surface area contributed by atoms with Crippen molar-refractivity contribution in [1.82, 2.24) is 0 Å². The van der Waals surface area contributed by atoms with E-state index in [-0.39, 0.29) is 6.10 Å². The Kier molecular flexibility index (Phi) is 5.58. The standard InChI is InChI=1S/C12H19NO4S/c1-16-9-11(17-2)8-13-10-4-6-12(7-5-10)18(3,14)15/h4-7,11,13H,8-9H2,1-3H3. The Bertz CT molecular complexity index is 455. The predicted octanol–water partition coefficient (Wildman–Crippen LogP) is 1.16. The van der Waals surface area contributed by atoms with E-state index in [1.165, 1.54) is 6.26 Å². The number of ether oxygens (including phenoxy) is 2. The first kappa shape index (κ1) is 14.9. The molecule has 0 aromatic heterocycles. The molecule has 0 saturated carbocycles. The minimum absolute atomic E-state index is 0.0374. The third-order valence-corrected chi connectivity index (χ3v) is 3.63. The fraction of sp³-hybridized carbons (Fsp3) is 0.500. The van der Waals surface area contributed by atoms with Gasteiger partial charge in [0.2, 0.25) is 0 Å². The summed E-state index contributed by atoms with van der Waals surface area (Å²) in [5, 5.41) is 3.16. The van der Waals surface area contributed by atoms with Crippen LogP contribution in [0.25, 0.3) is 0 Å². The first-order valence-corrected chi connectivity index (χ1v) is 7.42. The lowest BCUT2D eigenvalue weighted by Crippen LogP contribution is -2.26. The highest BCUT2D eigenvalue weighted by Crippen LogP contribution is 2.13. The largest absolute Gasteiger partial charge is 0.382 e. The van der Waals surface area contributed by atoms with E-state index in [0.29, 0.717) is 18.0 Å². The van der Waals surface area contributed by atoms with E-state index in [9.17, 15) is 8.42 Å². The molecule has 0 fully saturated rings. The van der Waals surface area contributed by atoms with Crippen LogP contribution in [0.1, 0.15) is 0 Å². The van der Waals surface area contributed by atoms with Crippen molar-refractivity contribution in [1.29, 1.82) is 0 Å². The molecular weight excluding hydrogens is 254 g/mol. The summed E-state index contributed by atoms with van der Waals surface area (Å²) in [6.45, 7) is 1.10.